The molecule has 0 saturated carbocycles. The first kappa shape index (κ1) is 13.7. The highest BCUT2D eigenvalue weighted by molar-refractivity contribution is 5.92. The van der Waals surface area contributed by atoms with E-state index < -0.39 is 5.60 Å². The van der Waals surface area contributed by atoms with Crippen LogP contribution in [0, 0.1) is 0 Å². The third-order valence-corrected chi connectivity index (χ3v) is 2.50. The lowest BCUT2D eigenvalue weighted by atomic mass is 10.1. The number of hydrogen-bond donors (Lipinski definition) is 3. The Morgan fingerprint density at radius 2 is 2.29 bits per heavy atom. The lowest BCUT2D eigenvalue weighted by molar-refractivity contribution is 0.00313. The highest BCUT2D eigenvalue weighted by Gasteiger charge is 2.20. The van der Waals surface area contributed by atoms with E-state index in [1.807, 2.05) is 23.8 Å². The summed E-state index contributed by atoms with van der Waals surface area (Å²) in [6.07, 6.45) is 2.80. The highest BCUT2D eigenvalue weighted by atomic mass is 16.3. The highest BCUT2D eigenvalue weighted by Crippen LogP contribution is 2.05. The van der Waals surface area contributed by atoms with Gasteiger partial charge in [-0.3, -0.25) is 4.79 Å². The standard InChI is InChI=1S/C12H20N2O3/c1-3-6-14-7-4-5-10(14)11(16)13-8-12(2,17)9-15/h4-5,7,15,17H,3,6,8-9H2,1-2H3,(H,13,16). The van der Waals surface area contributed by atoms with Crippen molar-refractivity contribution in [1.82, 2.24) is 9.88 Å². The molecule has 0 spiro atoms. The third-order valence-electron chi connectivity index (χ3n) is 2.50. The van der Waals surface area contributed by atoms with Gasteiger partial charge in [-0.15, -0.1) is 0 Å². The predicted octanol–water partition coefficient (Wildman–Crippen LogP) is 0.371. The van der Waals surface area contributed by atoms with Crippen molar-refractivity contribution in [2.24, 2.45) is 0 Å². The zero-order chi connectivity index (χ0) is 12.9. The molecule has 3 N–H and O–H groups in total. The van der Waals surface area contributed by atoms with Gasteiger partial charge in [-0.2, -0.15) is 0 Å². The molecule has 0 aliphatic heterocycles. The molecule has 1 rings (SSSR count). The van der Waals surface area contributed by atoms with Crippen LogP contribution in [0.4, 0.5) is 0 Å². The molecule has 5 heteroatoms. The number of hydrogen-bond acceptors (Lipinski definition) is 3. The Hall–Kier alpha value is -1.33. The molecule has 0 saturated heterocycles. The van der Waals surface area contributed by atoms with Gasteiger partial charge in [-0.1, -0.05) is 6.92 Å². The lowest BCUT2D eigenvalue weighted by Crippen LogP contribution is -2.43. The summed E-state index contributed by atoms with van der Waals surface area (Å²) in [7, 11) is 0. The molecule has 1 atom stereocenters. The van der Waals surface area contributed by atoms with Gasteiger partial charge >= 0.3 is 0 Å². The fourth-order valence-electron chi connectivity index (χ4n) is 1.47. The van der Waals surface area contributed by atoms with Gasteiger partial charge in [0, 0.05) is 19.3 Å². The van der Waals surface area contributed by atoms with Gasteiger partial charge in [-0.25, -0.2) is 0 Å². The number of rotatable bonds is 6. The van der Waals surface area contributed by atoms with Crippen LogP contribution in [-0.4, -0.2) is 39.4 Å². The molecule has 1 unspecified atom stereocenters. The van der Waals surface area contributed by atoms with E-state index >= 15 is 0 Å². The maximum atomic E-state index is 11.8. The first-order valence-electron chi connectivity index (χ1n) is 5.77. The van der Waals surface area contributed by atoms with Crippen LogP contribution in [0.2, 0.25) is 0 Å². The number of carbonyl (C=O) groups is 1. The molecular formula is C12H20N2O3. The summed E-state index contributed by atoms with van der Waals surface area (Å²) in [5.41, 5.74) is -0.710. The molecule has 0 aliphatic rings. The van der Waals surface area contributed by atoms with Gasteiger partial charge < -0.3 is 20.1 Å². The average molecular weight is 240 g/mol. The van der Waals surface area contributed by atoms with Gasteiger partial charge in [0.25, 0.3) is 5.91 Å². The first-order chi connectivity index (χ1) is 8.00. The topological polar surface area (TPSA) is 74.5 Å². The molecule has 1 amide bonds. The molecule has 0 radical (unpaired) electrons. The number of aliphatic hydroxyl groups excluding tert-OH is 1. The number of aliphatic hydroxyl groups is 2. The summed E-state index contributed by atoms with van der Waals surface area (Å²) in [6.45, 7) is 3.94. The number of aromatic nitrogens is 1. The molecular weight excluding hydrogens is 220 g/mol. The van der Waals surface area contributed by atoms with Crippen LogP contribution < -0.4 is 5.32 Å². The number of amides is 1. The average Bonchev–Trinajstić information content (AvgIpc) is 2.75. The molecule has 96 valence electrons. The molecule has 0 bridgehead atoms. The van der Waals surface area contributed by atoms with Gasteiger partial charge in [0.05, 0.1) is 6.61 Å². The fourth-order valence-corrected chi connectivity index (χ4v) is 1.47. The molecule has 1 aromatic rings. The Labute approximate surface area is 101 Å². The molecule has 1 heterocycles. The third kappa shape index (κ3) is 3.87. The van der Waals surface area contributed by atoms with Crippen LogP contribution in [0.5, 0.6) is 0 Å². The van der Waals surface area contributed by atoms with Crippen molar-refractivity contribution in [2.45, 2.75) is 32.4 Å². The normalized spacial score (nSPS) is 14.4. The lowest BCUT2D eigenvalue weighted by Gasteiger charge is -2.20. The van der Waals surface area contributed by atoms with Crippen LogP contribution >= 0.6 is 0 Å². The van der Waals surface area contributed by atoms with Crippen molar-refractivity contribution in [3.63, 3.8) is 0 Å². The van der Waals surface area contributed by atoms with E-state index in [2.05, 4.69) is 5.32 Å². The van der Waals surface area contributed by atoms with E-state index in [0.29, 0.717) is 5.69 Å². The van der Waals surface area contributed by atoms with Crippen molar-refractivity contribution in [3.8, 4) is 0 Å². The number of nitrogens with zero attached hydrogens (tertiary/aromatic N) is 1. The molecule has 1 aromatic heterocycles. The Balaban J connectivity index is 2.61. The van der Waals surface area contributed by atoms with E-state index in [4.69, 9.17) is 5.11 Å². The molecule has 17 heavy (non-hydrogen) atoms. The van der Waals surface area contributed by atoms with Gasteiger partial charge in [0.15, 0.2) is 0 Å². The second-order valence-corrected chi connectivity index (χ2v) is 4.42. The maximum Gasteiger partial charge on any atom is 0.268 e. The monoisotopic (exact) mass is 240 g/mol. The quantitative estimate of drug-likeness (QED) is 0.672. The number of carbonyl (C=O) groups excluding carboxylic acids is 1. The zero-order valence-corrected chi connectivity index (χ0v) is 10.3. The molecule has 0 aliphatic carbocycles. The largest absolute Gasteiger partial charge is 0.393 e. The number of nitrogens with one attached hydrogen (secondary N) is 1. The summed E-state index contributed by atoms with van der Waals surface area (Å²) in [5.74, 6) is -0.239. The minimum absolute atomic E-state index is 0.0274. The first-order valence-corrected chi connectivity index (χ1v) is 5.77. The van der Waals surface area contributed by atoms with Crippen LogP contribution in [0.3, 0.4) is 0 Å². The van der Waals surface area contributed by atoms with Gasteiger partial charge in [0.1, 0.15) is 11.3 Å². The molecule has 0 aromatic carbocycles. The predicted molar refractivity (Wildman–Crippen MR) is 64.8 cm³/mol. The molecule has 0 fully saturated rings. The Morgan fingerprint density at radius 1 is 1.59 bits per heavy atom. The minimum atomic E-state index is -1.28. The van der Waals surface area contributed by atoms with E-state index in [1.165, 1.54) is 6.92 Å². The van der Waals surface area contributed by atoms with Crippen molar-refractivity contribution < 1.29 is 15.0 Å². The van der Waals surface area contributed by atoms with Gasteiger partial charge in [-0.05, 0) is 25.5 Å². The van der Waals surface area contributed by atoms with Crippen LogP contribution in [0.25, 0.3) is 0 Å². The van der Waals surface area contributed by atoms with Crippen molar-refractivity contribution >= 4 is 5.91 Å². The second-order valence-electron chi connectivity index (χ2n) is 4.42. The van der Waals surface area contributed by atoms with Crippen molar-refractivity contribution in [1.29, 1.82) is 0 Å². The Morgan fingerprint density at radius 3 is 2.88 bits per heavy atom. The number of aryl methyl sites for hydroxylation is 1. The fraction of sp³-hybridized carbons (Fsp3) is 0.583. The molecule has 5 nitrogen and oxygen atoms in total. The van der Waals surface area contributed by atoms with E-state index in [1.54, 1.807) is 6.07 Å². The summed E-state index contributed by atoms with van der Waals surface area (Å²) < 4.78 is 1.86. The summed E-state index contributed by atoms with van der Waals surface area (Å²) in [6, 6.07) is 3.55. The smallest absolute Gasteiger partial charge is 0.268 e. The Bertz CT molecular complexity index is 372. The van der Waals surface area contributed by atoms with E-state index in [9.17, 15) is 9.90 Å². The van der Waals surface area contributed by atoms with E-state index in [-0.39, 0.29) is 19.1 Å². The van der Waals surface area contributed by atoms with Crippen LogP contribution in [0.15, 0.2) is 18.3 Å². The second kappa shape index (κ2) is 5.84. The minimum Gasteiger partial charge on any atom is -0.393 e. The SMILES string of the molecule is CCCn1cccc1C(=O)NCC(C)(O)CO. The summed E-state index contributed by atoms with van der Waals surface area (Å²) in [5, 5.41) is 21.0. The van der Waals surface area contributed by atoms with Crippen LogP contribution in [0.1, 0.15) is 30.8 Å². The van der Waals surface area contributed by atoms with Crippen molar-refractivity contribution in [2.75, 3.05) is 13.2 Å². The van der Waals surface area contributed by atoms with Crippen LogP contribution in [-0.2, 0) is 6.54 Å². The summed E-state index contributed by atoms with van der Waals surface area (Å²) >= 11 is 0. The van der Waals surface area contributed by atoms with Gasteiger partial charge in [0.2, 0.25) is 0 Å². The summed E-state index contributed by atoms with van der Waals surface area (Å²) in [4.78, 5) is 11.8. The van der Waals surface area contributed by atoms with E-state index in [0.717, 1.165) is 13.0 Å². The Kier molecular flexibility index (Phi) is 4.72. The zero-order valence-electron chi connectivity index (χ0n) is 10.3. The van der Waals surface area contributed by atoms with Crippen molar-refractivity contribution in [3.05, 3.63) is 24.0 Å². The maximum absolute atomic E-state index is 11.8.